The van der Waals surface area contributed by atoms with E-state index in [1.165, 1.54) is 18.2 Å². The average Bonchev–Trinajstić information content (AvgIpc) is 2.71. The predicted octanol–water partition coefficient (Wildman–Crippen LogP) is 3.82. The van der Waals surface area contributed by atoms with E-state index in [2.05, 4.69) is 10.6 Å². The summed E-state index contributed by atoms with van der Waals surface area (Å²) in [5.74, 6) is -2.05. The minimum absolute atomic E-state index is 0.0806. The number of halogens is 1. The van der Waals surface area contributed by atoms with E-state index in [0.29, 0.717) is 24.2 Å². The third kappa shape index (κ3) is 6.13. The van der Waals surface area contributed by atoms with E-state index in [4.69, 9.17) is 5.73 Å². The molecule has 0 spiro atoms. The molecule has 4 N–H and O–H groups in total. The molecule has 2 aromatic rings. The van der Waals surface area contributed by atoms with Crippen molar-refractivity contribution >= 4 is 17.7 Å². The number of amides is 3. The summed E-state index contributed by atoms with van der Waals surface area (Å²) < 4.78 is 14.6. The van der Waals surface area contributed by atoms with Gasteiger partial charge in [0.05, 0.1) is 0 Å². The molecule has 0 saturated heterocycles. The number of nitrogens with one attached hydrogen (secondary N) is 2. The first kappa shape index (κ1) is 24.1. The molecular formula is C24H30FN3O3. The highest BCUT2D eigenvalue weighted by Crippen LogP contribution is 2.30. The molecule has 2 aromatic carbocycles. The number of nitrogens with two attached hydrogens (primary N) is 1. The number of hydrogen-bond acceptors (Lipinski definition) is 3. The van der Waals surface area contributed by atoms with Crippen LogP contribution in [0.1, 0.15) is 70.8 Å². The summed E-state index contributed by atoms with van der Waals surface area (Å²) in [4.78, 5) is 37.0. The lowest BCUT2D eigenvalue weighted by Crippen LogP contribution is -2.32. The first-order valence-corrected chi connectivity index (χ1v) is 10.3. The van der Waals surface area contributed by atoms with Gasteiger partial charge in [0.1, 0.15) is 5.82 Å². The quantitative estimate of drug-likeness (QED) is 0.626. The highest BCUT2D eigenvalue weighted by atomic mass is 19.1. The predicted molar refractivity (Wildman–Crippen MR) is 120 cm³/mol. The summed E-state index contributed by atoms with van der Waals surface area (Å²) in [7, 11) is 0. The van der Waals surface area contributed by atoms with Gasteiger partial charge in [-0.2, -0.15) is 0 Å². The molecule has 31 heavy (non-hydrogen) atoms. The molecule has 7 heteroatoms. The first-order valence-electron chi connectivity index (χ1n) is 10.3. The van der Waals surface area contributed by atoms with Crippen molar-refractivity contribution in [2.24, 2.45) is 11.1 Å². The van der Waals surface area contributed by atoms with Crippen LogP contribution in [0, 0.1) is 18.2 Å². The molecule has 2 rings (SSSR count). The summed E-state index contributed by atoms with van der Waals surface area (Å²) >= 11 is 0. The second-order valence-corrected chi connectivity index (χ2v) is 8.75. The van der Waals surface area contributed by atoms with Gasteiger partial charge in [-0.05, 0) is 59.7 Å². The molecule has 0 aliphatic carbocycles. The zero-order valence-corrected chi connectivity index (χ0v) is 18.7. The van der Waals surface area contributed by atoms with Crippen molar-refractivity contribution in [1.29, 1.82) is 0 Å². The number of benzene rings is 2. The Morgan fingerprint density at radius 3 is 2.19 bits per heavy atom. The molecular weight excluding hydrogens is 397 g/mol. The minimum atomic E-state index is -0.749. The van der Waals surface area contributed by atoms with Crippen LogP contribution in [0.4, 0.5) is 4.39 Å². The van der Waals surface area contributed by atoms with Gasteiger partial charge in [0.2, 0.25) is 5.91 Å². The van der Waals surface area contributed by atoms with Crippen LogP contribution in [0.5, 0.6) is 0 Å². The van der Waals surface area contributed by atoms with Crippen LogP contribution >= 0.6 is 0 Å². The summed E-state index contributed by atoms with van der Waals surface area (Å²) in [6.07, 6.45) is 0.748. The smallest absolute Gasteiger partial charge is 0.251 e. The van der Waals surface area contributed by atoms with Gasteiger partial charge in [-0.15, -0.1) is 0 Å². The third-order valence-corrected chi connectivity index (χ3v) is 4.76. The zero-order valence-electron chi connectivity index (χ0n) is 18.7. The van der Waals surface area contributed by atoms with Crippen molar-refractivity contribution in [3.63, 3.8) is 0 Å². The summed E-state index contributed by atoms with van der Waals surface area (Å²) in [5, 5.41) is 5.54. The van der Waals surface area contributed by atoms with E-state index in [1.54, 1.807) is 19.1 Å². The Bertz CT molecular complexity index is 1010. The average molecular weight is 428 g/mol. The summed E-state index contributed by atoms with van der Waals surface area (Å²) in [6.45, 7) is 10.4. The number of hydrogen-bond donors (Lipinski definition) is 3. The minimum Gasteiger partial charge on any atom is -0.366 e. The Hall–Kier alpha value is -3.22. The lowest BCUT2D eigenvalue weighted by Gasteiger charge is -2.19. The molecule has 6 nitrogen and oxygen atoms in total. The molecule has 0 unspecified atom stereocenters. The molecule has 0 atom stereocenters. The summed E-state index contributed by atoms with van der Waals surface area (Å²) in [5.41, 5.74) is 6.99. The number of primary amides is 1. The van der Waals surface area contributed by atoms with Crippen molar-refractivity contribution < 1.29 is 18.8 Å². The molecule has 0 aliphatic heterocycles. The zero-order chi connectivity index (χ0) is 23.3. The van der Waals surface area contributed by atoms with Crippen LogP contribution < -0.4 is 16.4 Å². The monoisotopic (exact) mass is 427 g/mol. The number of carbonyl (C=O) groups is 3. The van der Waals surface area contributed by atoms with Gasteiger partial charge in [-0.1, -0.05) is 33.8 Å². The highest BCUT2D eigenvalue weighted by molar-refractivity contribution is 6.04. The lowest BCUT2D eigenvalue weighted by atomic mass is 9.92. The van der Waals surface area contributed by atoms with Crippen LogP contribution in [-0.2, 0) is 0 Å². The Kier molecular flexibility index (Phi) is 7.55. The van der Waals surface area contributed by atoms with E-state index >= 15 is 0 Å². The van der Waals surface area contributed by atoms with Crippen LogP contribution in [0.2, 0.25) is 0 Å². The molecule has 3 amide bonds. The van der Waals surface area contributed by atoms with Crippen LogP contribution in [0.25, 0.3) is 11.1 Å². The maximum absolute atomic E-state index is 14.6. The number of rotatable bonds is 7. The van der Waals surface area contributed by atoms with Gasteiger partial charge in [0.15, 0.2) is 0 Å². The van der Waals surface area contributed by atoms with Gasteiger partial charge in [0, 0.05) is 29.8 Å². The van der Waals surface area contributed by atoms with E-state index in [-0.39, 0.29) is 33.6 Å². The molecule has 0 aromatic heterocycles. The van der Waals surface area contributed by atoms with Crippen LogP contribution in [0.15, 0.2) is 30.3 Å². The van der Waals surface area contributed by atoms with Gasteiger partial charge < -0.3 is 16.4 Å². The fourth-order valence-corrected chi connectivity index (χ4v) is 3.00. The van der Waals surface area contributed by atoms with Crippen LogP contribution in [-0.4, -0.2) is 30.8 Å². The molecule has 0 bridgehead atoms. The standard InChI is InChI=1S/C24H30FN3O3/c1-6-9-27-23(31)16-11-18(14(2)20(25)12-16)17-8-7-15(10-19(17)21(26)29)22(30)28-13-24(3,4)5/h7-8,10-12H,6,9,13H2,1-5H3,(H2,26,29)(H,27,31)(H,28,30). The largest absolute Gasteiger partial charge is 0.366 e. The Morgan fingerprint density at radius 1 is 0.968 bits per heavy atom. The molecule has 0 fully saturated rings. The normalized spacial score (nSPS) is 11.2. The second kappa shape index (κ2) is 9.73. The fourth-order valence-electron chi connectivity index (χ4n) is 3.00. The molecule has 0 saturated carbocycles. The molecule has 166 valence electrons. The van der Waals surface area contributed by atoms with E-state index in [0.717, 1.165) is 6.42 Å². The maximum Gasteiger partial charge on any atom is 0.251 e. The Balaban J connectivity index is 2.50. The molecule has 0 radical (unpaired) electrons. The first-order chi connectivity index (χ1) is 14.4. The van der Waals surface area contributed by atoms with E-state index in [9.17, 15) is 18.8 Å². The molecule has 0 heterocycles. The van der Waals surface area contributed by atoms with Crippen molar-refractivity contribution in [2.45, 2.75) is 41.0 Å². The van der Waals surface area contributed by atoms with E-state index < -0.39 is 17.6 Å². The SMILES string of the molecule is CCCNC(=O)c1cc(F)c(C)c(-c2ccc(C(=O)NCC(C)(C)C)cc2C(N)=O)c1. The van der Waals surface area contributed by atoms with Crippen LogP contribution in [0.3, 0.4) is 0 Å². The lowest BCUT2D eigenvalue weighted by molar-refractivity contribution is 0.0936. The van der Waals surface area contributed by atoms with Crippen molar-refractivity contribution in [3.05, 3.63) is 58.4 Å². The van der Waals surface area contributed by atoms with Gasteiger partial charge >= 0.3 is 0 Å². The Labute approximate surface area is 182 Å². The second-order valence-electron chi connectivity index (χ2n) is 8.75. The molecule has 0 aliphatic rings. The van der Waals surface area contributed by atoms with Gasteiger partial charge in [-0.25, -0.2) is 4.39 Å². The number of carbonyl (C=O) groups excluding carboxylic acids is 3. The summed E-state index contributed by atoms with van der Waals surface area (Å²) in [6, 6.07) is 7.21. The van der Waals surface area contributed by atoms with Crippen molar-refractivity contribution in [2.75, 3.05) is 13.1 Å². The van der Waals surface area contributed by atoms with Gasteiger partial charge in [-0.3, -0.25) is 14.4 Å². The third-order valence-electron chi connectivity index (χ3n) is 4.76. The maximum atomic E-state index is 14.6. The highest BCUT2D eigenvalue weighted by Gasteiger charge is 2.20. The fraction of sp³-hybridized carbons (Fsp3) is 0.375. The topological polar surface area (TPSA) is 101 Å². The van der Waals surface area contributed by atoms with Crippen molar-refractivity contribution in [1.82, 2.24) is 10.6 Å². The van der Waals surface area contributed by atoms with Crippen molar-refractivity contribution in [3.8, 4) is 11.1 Å². The van der Waals surface area contributed by atoms with E-state index in [1.807, 2.05) is 27.7 Å². The Morgan fingerprint density at radius 2 is 1.61 bits per heavy atom. The van der Waals surface area contributed by atoms with Gasteiger partial charge in [0.25, 0.3) is 11.8 Å².